The van der Waals surface area contributed by atoms with Crippen LogP contribution in [0, 0.1) is 0 Å². The Morgan fingerprint density at radius 2 is 0.684 bits per heavy atom. The van der Waals surface area contributed by atoms with Gasteiger partial charge in [-0.15, -0.1) is 0 Å². The number of para-hydroxylation sites is 4. The molecule has 9 aromatic carbocycles. The molecule has 11 rings (SSSR count). The summed E-state index contributed by atoms with van der Waals surface area (Å²) in [6.45, 7) is 0. The third-order valence-electron chi connectivity index (χ3n) is 11.9. The van der Waals surface area contributed by atoms with Crippen LogP contribution in [0.3, 0.4) is 0 Å². The molecule has 0 amide bonds. The molecule has 0 atom stereocenters. The summed E-state index contributed by atoms with van der Waals surface area (Å²) in [6, 6.07) is 85.3. The molecule has 11 aromatic rings. The van der Waals surface area contributed by atoms with Gasteiger partial charge in [0.15, 0.2) is 8.07 Å². The van der Waals surface area contributed by atoms with Crippen LogP contribution in [0.1, 0.15) is 0 Å². The van der Waals surface area contributed by atoms with Gasteiger partial charge in [-0.05, 0) is 80.4 Å². The van der Waals surface area contributed by atoms with Crippen molar-refractivity contribution in [1.82, 2.24) is 9.13 Å². The summed E-state index contributed by atoms with van der Waals surface area (Å²) in [6.07, 6.45) is 0. The molecule has 2 heterocycles. The van der Waals surface area contributed by atoms with Gasteiger partial charge in [0, 0.05) is 32.9 Å². The van der Waals surface area contributed by atoms with Crippen LogP contribution in [0.2, 0.25) is 0 Å². The largest absolute Gasteiger partial charge is 0.309 e. The van der Waals surface area contributed by atoms with E-state index in [1.165, 1.54) is 81.2 Å². The third-order valence-corrected chi connectivity index (χ3v) is 16.6. The van der Waals surface area contributed by atoms with Gasteiger partial charge >= 0.3 is 0 Å². The maximum Gasteiger partial charge on any atom is 0.179 e. The standard InChI is InChI=1S/C54H38N2Si/c1-5-19-41(20-6-1)55-52-31-16-14-29-48(52)50-38-46(33-35-53(50)55)57(43-23-9-3-10-24-43,44-25-11-4-12-26-44)45-27-17-18-39(36-45)40-32-34-49-47-28-13-15-30-51(47)56(54(49)37-40)42-21-7-2-8-22-42/h1-38H. The summed E-state index contributed by atoms with van der Waals surface area (Å²) in [5.41, 5.74) is 9.60. The number of fused-ring (bicyclic) bond motifs is 6. The Kier molecular flexibility index (Phi) is 7.87. The molecule has 0 spiro atoms. The van der Waals surface area contributed by atoms with Gasteiger partial charge in [0.25, 0.3) is 0 Å². The minimum absolute atomic E-state index is 1.16. The van der Waals surface area contributed by atoms with Gasteiger partial charge in [0.2, 0.25) is 0 Å². The zero-order valence-electron chi connectivity index (χ0n) is 31.3. The second-order valence-electron chi connectivity index (χ2n) is 14.9. The molecule has 0 aliphatic carbocycles. The fourth-order valence-electron chi connectivity index (χ4n) is 9.38. The molecule has 2 aromatic heterocycles. The van der Waals surface area contributed by atoms with Crippen LogP contribution < -0.4 is 20.7 Å². The van der Waals surface area contributed by atoms with E-state index < -0.39 is 8.07 Å². The molecule has 57 heavy (non-hydrogen) atoms. The van der Waals surface area contributed by atoms with Crippen molar-refractivity contribution in [2.24, 2.45) is 0 Å². The Morgan fingerprint density at radius 1 is 0.246 bits per heavy atom. The molecule has 2 nitrogen and oxygen atoms in total. The molecule has 0 saturated heterocycles. The number of hydrogen-bond donors (Lipinski definition) is 0. The van der Waals surface area contributed by atoms with Gasteiger partial charge in [-0.25, -0.2) is 0 Å². The summed E-state index contributed by atoms with van der Waals surface area (Å²) in [7, 11) is -2.90. The van der Waals surface area contributed by atoms with E-state index in [4.69, 9.17) is 0 Å². The molecule has 0 unspecified atom stereocenters. The topological polar surface area (TPSA) is 9.86 Å². The predicted molar refractivity (Wildman–Crippen MR) is 244 cm³/mol. The summed E-state index contributed by atoms with van der Waals surface area (Å²) in [5, 5.41) is 10.5. The smallest absolute Gasteiger partial charge is 0.179 e. The van der Waals surface area contributed by atoms with Crippen LogP contribution >= 0.6 is 0 Å². The van der Waals surface area contributed by atoms with Crippen LogP contribution in [-0.4, -0.2) is 17.2 Å². The van der Waals surface area contributed by atoms with Gasteiger partial charge in [-0.3, -0.25) is 0 Å². The average molecular weight is 743 g/mol. The van der Waals surface area contributed by atoms with E-state index in [1.807, 2.05) is 0 Å². The van der Waals surface area contributed by atoms with Crippen LogP contribution in [0.4, 0.5) is 0 Å². The van der Waals surface area contributed by atoms with Crippen molar-refractivity contribution in [3.8, 4) is 22.5 Å². The van der Waals surface area contributed by atoms with Crippen molar-refractivity contribution in [2.75, 3.05) is 0 Å². The Morgan fingerprint density at radius 3 is 1.30 bits per heavy atom. The van der Waals surface area contributed by atoms with Crippen molar-refractivity contribution in [3.63, 3.8) is 0 Å². The van der Waals surface area contributed by atoms with E-state index in [0.717, 1.165) is 5.69 Å². The molecule has 0 bridgehead atoms. The van der Waals surface area contributed by atoms with Gasteiger partial charge in [-0.2, -0.15) is 0 Å². The van der Waals surface area contributed by atoms with Gasteiger partial charge in [0.1, 0.15) is 0 Å². The number of benzene rings is 9. The third kappa shape index (κ3) is 5.24. The van der Waals surface area contributed by atoms with Crippen molar-refractivity contribution in [2.45, 2.75) is 0 Å². The Hall–Kier alpha value is -7.20. The monoisotopic (exact) mass is 742 g/mol. The zero-order valence-corrected chi connectivity index (χ0v) is 32.3. The van der Waals surface area contributed by atoms with E-state index in [1.54, 1.807) is 0 Å². The van der Waals surface area contributed by atoms with Gasteiger partial charge in [0.05, 0.1) is 22.1 Å². The SMILES string of the molecule is c1ccc(-n2c3ccccc3c3cc([Si](c4ccccc4)(c4ccccc4)c4cccc(-c5ccc6c7ccccc7n(-c7ccccc7)c6c5)c4)ccc32)cc1. The Balaban J connectivity index is 1.17. The first kappa shape index (κ1) is 33.2. The van der Waals surface area contributed by atoms with Crippen molar-refractivity contribution < 1.29 is 0 Å². The molecule has 3 heteroatoms. The van der Waals surface area contributed by atoms with E-state index in [9.17, 15) is 0 Å². The molecule has 0 aliphatic rings. The van der Waals surface area contributed by atoms with E-state index in [2.05, 4.69) is 240 Å². The highest BCUT2D eigenvalue weighted by atomic mass is 28.3. The summed E-state index contributed by atoms with van der Waals surface area (Å²) in [5.74, 6) is 0. The minimum Gasteiger partial charge on any atom is -0.309 e. The lowest BCUT2D eigenvalue weighted by Gasteiger charge is -2.35. The first-order valence-electron chi connectivity index (χ1n) is 19.7. The molecular weight excluding hydrogens is 705 g/mol. The van der Waals surface area contributed by atoms with Crippen molar-refractivity contribution >= 4 is 72.4 Å². The number of nitrogens with zero attached hydrogens (tertiary/aromatic N) is 2. The molecule has 0 aliphatic heterocycles. The predicted octanol–water partition coefficient (Wildman–Crippen LogP) is 10.9. The molecule has 0 radical (unpaired) electrons. The summed E-state index contributed by atoms with van der Waals surface area (Å²) < 4.78 is 4.82. The van der Waals surface area contributed by atoms with E-state index in [-0.39, 0.29) is 0 Å². The average Bonchev–Trinajstić information content (AvgIpc) is 3.80. The quantitative estimate of drug-likeness (QED) is 0.114. The highest BCUT2D eigenvalue weighted by molar-refractivity contribution is 7.20. The van der Waals surface area contributed by atoms with Crippen LogP contribution in [0.5, 0.6) is 0 Å². The maximum absolute atomic E-state index is 2.90. The van der Waals surface area contributed by atoms with Gasteiger partial charge in [-0.1, -0.05) is 182 Å². The molecule has 268 valence electrons. The number of hydrogen-bond acceptors (Lipinski definition) is 0. The maximum atomic E-state index is 2.51. The first-order valence-corrected chi connectivity index (χ1v) is 21.7. The highest BCUT2D eigenvalue weighted by Crippen LogP contribution is 2.35. The molecule has 0 saturated carbocycles. The summed E-state index contributed by atoms with van der Waals surface area (Å²) >= 11 is 0. The number of rotatable bonds is 7. The Labute approximate surface area is 333 Å². The normalized spacial score (nSPS) is 11.9. The lowest BCUT2D eigenvalue weighted by atomic mass is 10.0. The Bertz CT molecular complexity index is 3180. The molecule has 0 N–H and O–H groups in total. The minimum atomic E-state index is -2.90. The van der Waals surface area contributed by atoms with Crippen molar-refractivity contribution in [1.29, 1.82) is 0 Å². The lowest BCUT2D eigenvalue weighted by molar-refractivity contribution is 1.18. The first-order chi connectivity index (χ1) is 28.3. The second kappa shape index (κ2) is 13.5. The van der Waals surface area contributed by atoms with Crippen molar-refractivity contribution in [3.05, 3.63) is 231 Å². The zero-order chi connectivity index (χ0) is 37.8. The second-order valence-corrected chi connectivity index (χ2v) is 18.7. The number of aromatic nitrogens is 2. The fourth-order valence-corrected chi connectivity index (χ4v) is 14.2. The van der Waals surface area contributed by atoms with Crippen LogP contribution in [0.15, 0.2) is 231 Å². The van der Waals surface area contributed by atoms with Crippen LogP contribution in [-0.2, 0) is 0 Å². The fraction of sp³-hybridized carbons (Fsp3) is 0. The summed E-state index contributed by atoms with van der Waals surface area (Å²) in [4.78, 5) is 0. The van der Waals surface area contributed by atoms with Gasteiger partial charge < -0.3 is 9.13 Å². The van der Waals surface area contributed by atoms with Crippen LogP contribution in [0.25, 0.3) is 66.1 Å². The van der Waals surface area contributed by atoms with E-state index in [0.29, 0.717) is 0 Å². The highest BCUT2D eigenvalue weighted by Gasteiger charge is 2.42. The molecule has 0 fully saturated rings. The van der Waals surface area contributed by atoms with E-state index >= 15 is 0 Å². The lowest BCUT2D eigenvalue weighted by Crippen LogP contribution is -2.74. The molecular formula is C54H38N2Si.